The highest BCUT2D eigenvalue weighted by Gasteiger charge is 2.19. The molecule has 5 rings (SSSR count). The van der Waals surface area contributed by atoms with E-state index in [0.717, 1.165) is 41.9 Å². The van der Waals surface area contributed by atoms with Crippen LogP contribution >= 0.6 is 35.8 Å². The molecule has 13 heteroatoms. The first kappa shape index (κ1) is 39.5. The number of halogens is 3. The van der Waals surface area contributed by atoms with Gasteiger partial charge in [0.25, 0.3) is 5.56 Å². The number of thioether (sulfide) groups is 1. The fourth-order valence-electron chi connectivity index (χ4n) is 5.36. The average molecular weight is 752 g/mol. The summed E-state index contributed by atoms with van der Waals surface area (Å²) in [6, 6.07) is 22.3. The molecule has 0 saturated heterocycles. The van der Waals surface area contributed by atoms with E-state index in [9.17, 15) is 14.0 Å². The summed E-state index contributed by atoms with van der Waals surface area (Å²) in [5, 5.41) is 1.09. The lowest BCUT2D eigenvalue weighted by Gasteiger charge is -2.27. The molecule has 2 heterocycles. The standard InChI is InChI=1S/C38H40ClFN6O3S.ClH/c1-4-44(5-2)18-19-45(23-27-6-10-30(11-7-27)31-12-14-33(39)15-13-31)35(47)25-46-24-32(20-29-21-41-37(49-3)42-22-29)36(48)43-38(46)50-26-28-8-16-34(40)17-9-28;/h6-17,21-22,24H,4-5,18-20,23,25-26H2,1-3H3;1H. The van der Waals surface area contributed by atoms with Crippen LogP contribution in [-0.2, 0) is 30.1 Å². The van der Waals surface area contributed by atoms with Crippen molar-refractivity contribution < 1.29 is 13.9 Å². The number of benzene rings is 3. The quantitative estimate of drug-likeness (QED) is 0.0774. The van der Waals surface area contributed by atoms with Crippen LogP contribution in [0.25, 0.3) is 11.1 Å². The Morgan fingerprint density at radius 2 is 1.49 bits per heavy atom. The minimum atomic E-state index is -0.398. The Balaban J connectivity index is 0.00000583. The largest absolute Gasteiger partial charge is 0.467 e. The second-order valence-corrected chi connectivity index (χ2v) is 13.1. The molecule has 0 aliphatic heterocycles. The number of carbonyl (C=O) groups is 1. The van der Waals surface area contributed by atoms with Gasteiger partial charge in [-0.15, -0.1) is 12.4 Å². The van der Waals surface area contributed by atoms with E-state index in [4.69, 9.17) is 16.3 Å². The van der Waals surface area contributed by atoms with E-state index in [0.29, 0.717) is 40.1 Å². The number of ether oxygens (including phenoxy) is 1. The maximum absolute atomic E-state index is 14.2. The van der Waals surface area contributed by atoms with Crippen molar-refractivity contribution >= 4 is 41.7 Å². The highest BCUT2D eigenvalue weighted by atomic mass is 35.5. The van der Waals surface area contributed by atoms with E-state index in [1.807, 2.05) is 41.3 Å². The summed E-state index contributed by atoms with van der Waals surface area (Å²) in [4.78, 5) is 44.3. The van der Waals surface area contributed by atoms with E-state index in [-0.39, 0.29) is 43.1 Å². The summed E-state index contributed by atoms with van der Waals surface area (Å²) in [6.45, 7) is 7.62. The minimum absolute atomic E-state index is 0. The molecule has 268 valence electrons. The van der Waals surface area contributed by atoms with Crippen LogP contribution in [0.15, 0.2) is 101 Å². The zero-order valence-electron chi connectivity index (χ0n) is 28.8. The second-order valence-electron chi connectivity index (χ2n) is 11.7. The Bertz CT molecular complexity index is 1910. The Morgan fingerprint density at radius 1 is 0.882 bits per heavy atom. The van der Waals surface area contributed by atoms with Crippen molar-refractivity contribution in [3.05, 3.63) is 135 Å². The third-order valence-electron chi connectivity index (χ3n) is 8.31. The fraction of sp³-hybridized carbons (Fsp3) is 0.289. The number of hydrogen-bond donors (Lipinski definition) is 0. The lowest BCUT2D eigenvalue weighted by Crippen LogP contribution is -2.40. The first-order chi connectivity index (χ1) is 24.2. The van der Waals surface area contributed by atoms with Gasteiger partial charge in [0, 0.05) is 61.0 Å². The summed E-state index contributed by atoms with van der Waals surface area (Å²) < 4.78 is 20.4. The molecule has 0 spiro atoms. The maximum Gasteiger partial charge on any atom is 0.316 e. The second kappa shape index (κ2) is 19.4. The molecule has 0 unspecified atom stereocenters. The summed E-state index contributed by atoms with van der Waals surface area (Å²) in [6.07, 6.45) is 5.14. The van der Waals surface area contributed by atoms with Crippen molar-refractivity contribution in [3.63, 3.8) is 0 Å². The molecule has 0 atom stereocenters. The Morgan fingerprint density at radius 3 is 2.10 bits per heavy atom. The van der Waals surface area contributed by atoms with E-state index >= 15 is 0 Å². The minimum Gasteiger partial charge on any atom is -0.467 e. The third kappa shape index (κ3) is 11.4. The lowest BCUT2D eigenvalue weighted by molar-refractivity contribution is -0.132. The van der Waals surface area contributed by atoms with Crippen LogP contribution in [0.1, 0.15) is 36.1 Å². The Hall–Kier alpha value is -4.29. The zero-order chi connectivity index (χ0) is 35.5. The monoisotopic (exact) mass is 750 g/mol. The van der Waals surface area contributed by atoms with Gasteiger partial charge < -0.3 is 19.1 Å². The van der Waals surface area contributed by atoms with E-state index < -0.39 is 5.56 Å². The molecular weight excluding hydrogens is 710 g/mol. The topological polar surface area (TPSA) is 93.5 Å². The van der Waals surface area contributed by atoms with Crippen LogP contribution in [0.5, 0.6) is 6.01 Å². The number of aromatic nitrogens is 4. The number of hydrogen-bond acceptors (Lipinski definition) is 8. The number of methoxy groups -OCH3 is 1. The van der Waals surface area contributed by atoms with Gasteiger partial charge in [0.2, 0.25) is 5.91 Å². The molecule has 0 aliphatic rings. The van der Waals surface area contributed by atoms with Crippen LogP contribution in [0, 0.1) is 5.82 Å². The van der Waals surface area contributed by atoms with Gasteiger partial charge >= 0.3 is 6.01 Å². The first-order valence-electron chi connectivity index (χ1n) is 16.4. The highest BCUT2D eigenvalue weighted by molar-refractivity contribution is 7.98. The highest BCUT2D eigenvalue weighted by Crippen LogP contribution is 2.24. The molecule has 0 aliphatic carbocycles. The summed E-state index contributed by atoms with van der Waals surface area (Å²) in [5.74, 6) is 0.0144. The van der Waals surface area contributed by atoms with Crippen molar-refractivity contribution in [2.45, 2.75) is 44.3 Å². The van der Waals surface area contributed by atoms with E-state index in [2.05, 4.69) is 45.8 Å². The van der Waals surface area contributed by atoms with E-state index in [1.165, 1.54) is 31.0 Å². The van der Waals surface area contributed by atoms with Crippen molar-refractivity contribution in [3.8, 4) is 17.1 Å². The predicted molar refractivity (Wildman–Crippen MR) is 203 cm³/mol. The van der Waals surface area contributed by atoms with Crippen molar-refractivity contribution in [2.24, 2.45) is 0 Å². The van der Waals surface area contributed by atoms with Gasteiger partial charge in [0.1, 0.15) is 12.4 Å². The van der Waals surface area contributed by atoms with Crippen molar-refractivity contribution in [1.29, 1.82) is 0 Å². The Labute approximate surface area is 313 Å². The molecule has 5 aromatic rings. The van der Waals surface area contributed by atoms with Gasteiger partial charge in [0.15, 0.2) is 5.16 Å². The molecule has 51 heavy (non-hydrogen) atoms. The molecule has 0 radical (unpaired) electrons. The first-order valence-corrected chi connectivity index (χ1v) is 17.8. The van der Waals surface area contributed by atoms with Gasteiger partial charge in [-0.1, -0.05) is 85.7 Å². The molecule has 0 saturated carbocycles. The molecule has 3 aromatic carbocycles. The van der Waals surface area contributed by atoms with Crippen LogP contribution in [0.4, 0.5) is 4.39 Å². The number of rotatable bonds is 16. The average Bonchev–Trinajstić information content (AvgIpc) is 3.13. The predicted octanol–water partition coefficient (Wildman–Crippen LogP) is 7.18. The molecule has 2 aromatic heterocycles. The molecule has 9 nitrogen and oxygen atoms in total. The van der Waals surface area contributed by atoms with Crippen molar-refractivity contribution in [1.82, 2.24) is 29.3 Å². The van der Waals surface area contributed by atoms with Crippen LogP contribution < -0.4 is 10.3 Å². The number of carbonyl (C=O) groups excluding carboxylic acids is 1. The van der Waals surface area contributed by atoms with Gasteiger partial charge in [-0.05, 0) is 65.2 Å². The summed E-state index contributed by atoms with van der Waals surface area (Å²) in [5.41, 5.74) is 4.70. The normalized spacial score (nSPS) is 10.9. The Kier molecular flexibility index (Phi) is 15.0. The van der Waals surface area contributed by atoms with Crippen LogP contribution in [0.2, 0.25) is 5.02 Å². The fourth-order valence-corrected chi connectivity index (χ4v) is 6.41. The molecular formula is C38H41Cl2FN6O3S. The van der Waals surface area contributed by atoms with E-state index in [1.54, 1.807) is 35.3 Å². The number of amides is 1. The lowest BCUT2D eigenvalue weighted by atomic mass is 10.0. The SMILES string of the molecule is CCN(CC)CCN(Cc1ccc(-c2ccc(Cl)cc2)cc1)C(=O)Cn1cc(Cc2cnc(OC)nc2)c(=O)nc1SCc1ccc(F)cc1.Cl. The van der Waals surface area contributed by atoms with Crippen LogP contribution in [-0.4, -0.2) is 68.5 Å². The van der Waals surface area contributed by atoms with Crippen LogP contribution in [0.3, 0.4) is 0 Å². The molecule has 0 fully saturated rings. The van der Waals surface area contributed by atoms with Gasteiger partial charge in [0.05, 0.1) is 7.11 Å². The molecule has 0 N–H and O–H groups in total. The molecule has 0 bridgehead atoms. The zero-order valence-corrected chi connectivity index (χ0v) is 31.2. The number of nitrogens with zero attached hydrogens (tertiary/aromatic N) is 6. The molecule has 1 amide bonds. The number of likely N-dealkylation sites (N-methyl/N-ethyl adjacent to an activating group) is 1. The van der Waals surface area contributed by atoms with Gasteiger partial charge in [-0.2, -0.15) is 4.98 Å². The smallest absolute Gasteiger partial charge is 0.316 e. The third-order valence-corrected chi connectivity index (χ3v) is 9.63. The van der Waals surface area contributed by atoms with Gasteiger partial charge in [-0.25, -0.2) is 14.4 Å². The van der Waals surface area contributed by atoms with Crippen molar-refractivity contribution in [2.75, 3.05) is 33.3 Å². The summed E-state index contributed by atoms with van der Waals surface area (Å²) >= 11 is 7.41. The van der Waals surface area contributed by atoms with Gasteiger partial charge in [-0.3, -0.25) is 9.59 Å². The summed E-state index contributed by atoms with van der Waals surface area (Å²) in [7, 11) is 1.48. The maximum atomic E-state index is 14.2.